The summed E-state index contributed by atoms with van der Waals surface area (Å²) in [6.07, 6.45) is 7.52. The molecule has 5 rings (SSSR count). The molecule has 1 fully saturated rings. The number of rotatable bonds is 4. The maximum Gasteiger partial charge on any atom is 0.262 e. The van der Waals surface area contributed by atoms with Gasteiger partial charge in [0, 0.05) is 17.0 Å². The number of aromatic nitrogens is 2. The summed E-state index contributed by atoms with van der Waals surface area (Å²) in [7, 11) is 0. The lowest BCUT2D eigenvalue weighted by Crippen LogP contribution is -2.35. The Morgan fingerprint density at radius 2 is 2.00 bits per heavy atom. The molecule has 2 aromatic heterocycles. The number of hydrogen-bond donors (Lipinski definition) is 1. The average molecular weight is 366 g/mol. The molecule has 5 heteroatoms. The largest absolute Gasteiger partial charge is 0.311 e. The van der Waals surface area contributed by atoms with E-state index in [2.05, 4.69) is 41.5 Å². The van der Waals surface area contributed by atoms with E-state index in [9.17, 15) is 4.79 Å². The van der Waals surface area contributed by atoms with Crippen LogP contribution in [0, 0.1) is 6.92 Å². The van der Waals surface area contributed by atoms with Crippen LogP contribution in [-0.2, 0) is 19.4 Å². The number of thiophene rings is 1. The number of aryl methyl sites for hydroxylation is 2. The van der Waals surface area contributed by atoms with Gasteiger partial charge in [-0.1, -0.05) is 29.8 Å². The van der Waals surface area contributed by atoms with Gasteiger partial charge in [-0.15, -0.1) is 11.3 Å². The van der Waals surface area contributed by atoms with Crippen LogP contribution in [0.4, 0.5) is 0 Å². The Labute approximate surface area is 156 Å². The Balaban J connectivity index is 1.48. The molecular weight excluding hydrogens is 342 g/mol. The topological polar surface area (TPSA) is 46.9 Å². The molecule has 4 nitrogen and oxygen atoms in total. The molecule has 2 aliphatic rings. The van der Waals surface area contributed by atoms with E-state index in [1.165, 1.54) is 28.8 Å². The van der Waals surface area contributed by atoms with Crippen LogP contribution in [0.25, 0.3) is 10.2 Å². The average Bonchev–Trinajstić information content (AvgIpc) is 3.37. The van der Waals surface area contributed by atoms with Crippen molar-refractivity contribution in [3.05, 3.63) is 62.5 Å². The zero-order valence-electron chi connectivity index (χ0n) is 15.0. The molecule has 0 aliphatic heterocycles. The summed E-state index contributed by atoms with van der Waals surface area (Å²) in [4.78, 5) is 20.0. The molecule has 1 saturated carbocycles. The normalized spacial score (nSPS) is 19.7. The second-order valence-electron chi connectivity index (χ2n) is 7.73. The first-order valence-corrected chi connectivity index (χ1v) is 10.3. The minimum Gasteiger partial charge on any atom is -0.311 e. The standard InChI is InChI=1S/C21H23N3OS/c1-13-2-4-14(5-3-13)11-24-12-22-20-19(21(24)25)17-9-8-16(10-18(17)26-20)23-15-6-7-15/h2-5,12,15-16,23H,6-11H2,1H3. The zero-order chi connectivity index (χ0) is 17.7. The molecule has 2 aliphatic carbocycles. The van der Waals surface area contributed by atoms with Gasteiger partial charge in [0.15, 0.2) is 0 Å². The zero-order valence-corrected chi connectivity index (χ0v) is 15.8. The van der Waals surface area contributed by atoms with Gasteiger partial charge in [0.25, 0.3) is 5.56 Å². The maximum absolute atomic E-state index is 13.1. The second kappa shape index (κ2) is 6.32. The molecule has 1 unspecified atom stereocenters. The molecule has 0 radical (unpaired) electrons. The molecule has 0 saturated heterocycles. The molecule has 1 atom stereocenters. The lowest BCUT2D eigenvalue weighted by atomic mass is 9.93. The van der Waals surface area contributed by atoms with Crippen molar-refractivity contribution < 1.29 is 0 Å². The summed E-state index contributed by atoms with van der Waals surface area (Å²) in [6.45, 7) is 2.66. The van der Waals surface area contributed by atoms with Gasteiger partial charge in [-0.2, -0.15) is 0 Å². The Morgan fingerprint density at radius 3 is 2.77 bits per heavy atom. The van der Waals surface area contributed by atoms with E-state index in [0.717, 1.165) is 41.1 Å². The fourth-order valence-corrected chi connectivity index (χ4v) is 5.19. The first-order valence-electron chi connectivity index (χ1n) is 9.48. The molecule has 1 N–H and O–H groups in total. The molecule has 0 bridgehead atoms. The van der Waals surface area contributed by atoms with E-state index >= 15 is 0 Å². The number of nitrogens with one attached hydrogen (secondary N) is 1. The van der Waals surface area contributed by atoms with Crippen LogP contribution in [0.15, 0.2) is 35.4 Å². The van der Waals surface area contributed by atoms with E-state index in [4.69, 9.17) is 0 Å². The summed E-state index contributed by atoms with van der Waals surface area (Å²) >= 11 is 1.72. The highest BCUT2D eigenvalue weighted by Crippen LogP contribution is 2.34. The number of fused-ring (bicyclic) bond motifs is 3. The van der Waals surface area contributed by atoms with Crippen LogP contribution >= 0.6 is 11.3 Å². The molecular formula is C21H23N3OS. The van der Waals surface area contributed by atoms with Crippen molar-refractivity contribution in [1.29, 1.82) is 0 Å². The Bertz CT molecular complexity index is 1010. The van der Waals surface area contributed by atoms with E-state index in [1.54, 1.807) is 22.2 Å². The monoisotopic (exact) mass is 365 g/mol. The van der Waals surface area contributed by atoms with Crippen LogP contribution < -0.4 is 10.9 Å². The molecule has 0 spiro atoms. The van der Waals surface area contributed by atoms with Crippen LogP contribution in [0.5, 0.6) is 0 Å². The van der Waals surface area contributed by atoms with Crippen molar-refractivity contribution in [3.8, 4) is 0 Å². The van der Waals surface area contributed by atoms with Crippen molar-refractivity contribution >= 4 is 21.6 Å². The summed E-state index contributed by atoms with van der Waals surface area (Å²) in [6, 6.07) is 9.66. The summed E-state index contributed by atoms with van der Waals surface area (Å²) in [5.74, 6) is 0. The molecule has 0 amide bonds. The highest BCUT2D eigenvalue weighted by atomic mass is 32.1. The highest BCUT2D eigenvalue weighted by Gasteiger charge is 2.29. The second-order valence-corrected chi connectivity index (χ2v) is 8.81. The van der Waals surface area contributed by atoms with E-state index < -0.39 is 0 Å². The van der Waals surface area contributed by atoms with Gasteiger partial charge in [0.1, 0.15) is 4.83 Å². The predicted octanol–water partition coefficient (Wildman–Crippen LogP) is 3.42. The first-order chi connectivity index (χ1) is 12.7. The van der Waals surface area contributed by atoms with Gasteiger partial charge in [-0.05, 0) is 50.2 Å². The fourth-order valence-electron chi connectivity index (χ4n) is 3.93. The van der Waals surface area contributed by atoms with E-state index in [0.29, 0.717) is 12.6 Å². The van der Waals surface area contributed by atoms with Gasteiger partial charge in [-0.3, -0.25) is 9.36 Å². The smallest absolute Gasteiger partial charge is 0.262 e. The third-order valence-electron chi connectivity index (χ3n) is 5.56. The molecule has 3 aromatic rings. The molecule has 2 heterocycles. The Kier molecular flexibility index (Phi) is 3.94. The van der Waals surface area contributed by atoms with E-state index in [-0.39, 0.29) is 5.56 Å². The number of nitrogens with zero attached hydrogens (tertiary/aromatic N) is 2. The lowest BCUT2D eigenvalue weighted by molar-refractivity contribution is 0.461. The molecule has 26 heavy (non-hydrogen) atoms. The van der Waals surface area contributed by atoms with Crippen molar-refractivity contribution in [2.45, 2.75) is 57.7 Å². The number of benzene rings is 1. The van der Waals surface area contributed by atoms with Crippen molar-refractivity contribution in [3.63, 3.8) is 0 Å². The lowest BCUT2D eigenvalue weighted by Gasteiger charge is -2.23. The molecule has 1 aromatic carbocycles. The highest BCUT2D eigenvalue weighted by molar-refractivity contribution is 7.18. The van der Waals surface area contributed by atoms with Gasteiger partial charge >= 0.3 is 0 Å². The van der Waals surface area contributed by atoms with Crippen LogP contribution in [0.3, 0.4) is 0 Å². The third kappa shape index (κ3) is 2.99. The summed E-state index contributed by atoms with van der Waals surface area (Å²) in [5, 5.41) is 4.61. The Morgan fingerprint density at radius 1 is 1.19 bits per heavy atom. The van der Waals surface area contributed by atoms with Crippen molar-refractivity contribution in [1.82, 2.24) is 14.9 Å². The van der Waals surface area contributed by atoms with Crippen LogP contribution in [0.2, 0.25) is 0 Å². The minimum atomic E-state index is 0.113. The van der Waals surface area contributed by atoms with Gasteiger partial charge in [0.05, 0.1) is 18.3 Å². The first kappa shape index (κ1) is 16.2. The van der Waals surface area contributed by atoms with E-state index in [1.807, 2.05) is 0 Å². The minimum absolute atomic E-state index is 0.113. The quantitative estimate of drug-likeness (QED) is 0.771. The number of hydrogen-bond acceptors (Lipinski definition) is 4. The predicted molar refractivity (Wildman–Crippen MR) is 106 cm³/mol. The third-order valence-corrected chi connectivity index (χ3v) is 6.72. The van der Waals surface area contributed by atoms with Crippen molar-refractivity contribution in [2.75, 3.05) is 0 Å². The summed E-state index contributed by atoms with van der Waals surface area (Å²) < 4.78 is 1.76. The summed E-state index contributed by atoms with van der Waals surface area (Å²) in [5.41, 5.74) is 3.74. The fraction of sp³-hybridized carbons (Fsp3) is 0.429. The Hall–Kier alpha value is -1.98. The van der Waals surface area contributed by atoms with Crippen LogP contribution in [0.1, 0.15) is 40.8 Å². The molecule has 134 valence electrons. The van der Waals surface area contributed by atoms with Gasteiger partial charge in [-0.25, -0.2) is 4.98 Å². The van der Waals surface area contributed by atoms with Crippen molar-refractivity contribution in [2.24, 2.45) is 0 Å². The van der Waals surface area contributed by atoms with Gasteiger partial charge < -0.3 is 5.32 Å². The maximum atomic E-state index is 13.1. The van der Waals surface area contributed by atoms with Crippen LogP contribution in [-0.4, -0.2) is 21.6 Å². The van der Waals surface area contributed by atoms with Gasteiger partial charge in [0.2, 0.25) is 0 Å². The SMILES string of the molecule is Cc1ccc(Cn2cnc3sc4c(c3c2=O)CCC(NC2CC2)C4)cc1.